The first-order valence-electron chi connectivity index (χ1n) is 4.26. The molecule has 0 amide bonds. The fraction of sp³-hybridized carbons (Fsp3) is 1.00. The Balaban J connectivity index is 2.51. The molecule has 1 aliphatic carbocycles. The van der Waals surface area contributed by atoms with Crippen LogP contribution in [0.15, 0.2) is 0 Å². The molecule has 1 unspecified atom stereocenters. The second-order valence-electron chi connectivity index (χ2n) is 3.53. The van der Waals surface area contributed by atoms with E-state index in [1.165, 1.54) is 0 Å². The minimum atomic E-state index is -4.07. The topological polar surface area (TPSA) is 12.0 Å². The van der Waals surface area contributed by atoms with Crippen LogP contribution in [0.1, 0.15) is 33.1 Å². The lowest BCUT2D eigenvalue weighted by Gasteiger charge is -2.24. The predicted octanol–water partition coefficient (Wildman–Crippen LogP) is 2.47. The average Bonchev–Trinajstić information content (AvgIpc) is 2.67. The molecule has 12 heavy (non-hydrogen) atoms. The maximum Gasteiger partial charge on any atom is 0.406 e. The van der Waals surface area contributed by atoms with Crippen molar-refractivity contribution in [2.75, 3.05) is 0 Å². The van der Waals surface area contributed by atoms with Gasteiger partial charge in [0.05, 0.1) is 0 Å². The van der Waals surface area contributed by atoms with Gasteiger partial charge in [0.15, 0.2) is 0 Å². The molecule has 0 spiro atoms. The summed E-state index contributed by atoms with van der Waals surface area (Å²) in [5.74, 6) is 0. The summed E-state index contributed by atoms with van der Waals surface area (Å²) >= 11 is 0. The van der Waals surface area contributed by atoms with E-state index in [1.54, 1.807) is 6.92 Å². The van der Waals surface area contributed by atoms with Crippen molar-refractivity contribution in [3.8, 4) is 0 Å². The van der Waals surface area contributed by atoms with Crippen LogP contribution in [0.4, 0.5) is 13.2 Å². The molecule has 0 heterocycles. The van der Waals surface area contributed by atoms with E-state index in [0.717, 1.165) is 6.42 Å². The van der Waals surface area contributed by atoms with E-state index in [9.17, 15) is 13.2 Å². The summed E-state index contributed by atoms with van der Waals surface area (Å²) < 4.78 is 37.0. The van der Waals surface area contributed by atoms with E-state index >= 15 is 0 Å². The second kappa shape index (κ2) is 2.91. The van der Waals surface area contributed by atoms with Gasteiger partial charge in [0, 0.05) is 6.04 Å². The minimum Gasteiger partial charge on any atom is -0.301 e. The highest BCUT2D eigenvalue weighted by molar-refractivity contribution is 5.08. The van der Waals surface area contributed by atoms with Crippen LogP contribution in [-0.2, 0) is 0 Å². The summed E-state index contributed by atoms with van der Waals surface area (Å²) in [6.45, 7) is 3.66. The molecule has 1 fully saturated rings. The zero-order valence-corrected chi connectivity index (χ0v) is 7.33. The molecule has 0 aromatic rings. The molecule has 0 saturated heterocycles. The SMILES string of the molecule is CCC(C)NC1(C(F)(F)F)CC1. The van der Waals surface area contributed by atoms with Gasteiger partial charge in [-0.15, -0.1) is 0 Å². The Kier molecular flexibility index (Phi) is 2.38. The van der Waals surface area contributed by atoms with Gasteiger partial charge in [-0.05, 0) is 26.2 Å². The summed E-state index contributed by atoms with van der Waals surface area (Å²) in [6, 6.07) is -0.0471. The predicted molar refractivity (Wildman–Crippen MR) is 40.9 cm³/mol. The third kappa shape index (κ3) is 1.73. The van der Waals surface area contributed by atoms with E-state index in [0.29, 0.717) is 0 Å². The molecule has 0 aromatic carbocycles. The van der Waals surface area contributed by atoms with Crippen LogP contribution >= 0.6 is 0 Å². The number of nitrogens with one attached hydrogen (secondary N) is 1. The molecule has 1 nitrogen and oxygen atoms in total. The smallest absolute Gasteiger partial charge is 0.301 e. The third-order valence-corrected chi connectivity index (χ3v) is 2.43. The Morgan fingerprint density at radius 3 is 2.17 bits per heavy atom. The van der Waals surface area contributed by atoms with Crippen LogP contribution in [0.3, 0.4) is 0 Å². The minimum absolute atomic E-state index is 0.0471. The number of rotatable bonds is 3. The van der Waals surface area contributed by atoms with Crippen molar-refractivity contribution in [2.24, 2.45) is 0 Å². The molecule has 0 bridgehead atoms. The molecule has 72 valence electrons. The van der Waals surface area contributed by atoms with E-state index in [-0.39, 0.29) is 18.9 Å². The Morgan fingerprint density at radius 2 is 1.92 bits per heavy atom. The zero-order valence-electron chi connectivity index (χ0n) is 7.33. The van der Waals surface area contributed by atoms with Crippen LogP contribution in [0.5, 0.6) is 0 Å². The van der Waals surface area contributed by atoms with Gasteiger partial charge in [0.1, 0.15) is 5.54 Å². The fourth-order valence-corrected chi connectivity index (χ4v) is 1.21. The van der Waals surface area contributed by atoms with Gasteiger partial charge in [-0.25, -0.2) is 0 Å². The van der Waals surface area contributed by atoms with Crippen molar-refractivity contribution >= 4 is 0 Å². The number of halogens is 3. The van der Waals surface area contributed by atoms with Gasteiger partial charge in [-0.1, -0.05) is 6.92 Å². The maximum atomic E-state index is 12.3. The van der Waals surface area contributed by atoms with Crippen LogP contribution in [0.2, 0.25) is 0 Å². The fourth-order valence-electron chi connectivity index (χ4n) is 1.21. The second-order valence-corrected chi connectivity index (χ2v) is 3.53. The lowest BCUT2D eigenvalue weighted by atomic mass is 10.2. The maximum absolute atomic E-state index is 12.3. The molecule has 1 atom stereocenters. The van der Waals surface area contributed by atoms with Gasteiger partial charge < -0.3 is 5.32 Å². The van der Waals surface area contributed by atoms with Gasteiger partial charge >= 0.3 is 6.18 Å². The van der Waals surface area contributed by atoms with E-state index in [2.05, 4.69) is 5.32 Å². The first-order valence-corrected chi connectivity index (χ1v) is 4.26. The lowest BCUT2D eigenvalue weighted by molar-refractivity contribution is -0.167. The third-order valence-electron chi connectivity index (χ3n) is 2.43. The molecule has 1 rings (SSSR count). The van der Waals surface area contributed by atoms with Gasteiger partial charge in [0.2, 0.25) is 0 Å². The standard InChI is InChI=1S/C8H14F3N/c1-3-6(2)12-7(4-5-7)8(9,10)11/h6,12H,3-5H2,1-2H3. The van der Waals surface area contributed by atoms with Gasteiger partial charge in [-0.2, -0.15) is 13.2 Å². The van der Waals surface area contributed by atoms with E-state index in [1.807, 2.05) is 6.92 Å². The molecule has 1 aliphatic rings. The quantitative estimate of drug-likeness (QED) is 0.705. The van der Waals surface area contributed by atoms with Crippen molar-refractivity contribution in [1.29, 1.82) is 0 Å². The summed E-state index contributed by atoms with van der Waals surface area (Å²) in [5, 5.41) is 2.63. The van der Waals surface area contributed by atoms with Crippen molar-refractivity contribution in [3.05, 3.63) is 0 Å². The Bertz CT molecular complexity index is 160. The molecule has 0 aliphatic heterocycles. The first-order chi connectivity index (χ1) is 5.41. The Morgan fingerprint density at radius 1 is 1.42 bits per heavy atom. The molecular weight excluding hydrogens is 167 g/mol. The summed E-state index contributed by atoms with van der Waals surface area (Å²) in [7, 11) is 0. The monoisotopic (exact) mass is 181 g/mol. The van der Waals surface area contributed by atoms with Crippen LogP contribution < -0.4 is 5.32 Å². The lowest BCUT2D eigenvalue weighted by Crippen LogP contribution is -2.48. The Hall–Kier alpha value is -0.250. The van der Waals surface area contributed by atoms with Crippen LogP contribution in [0, 0.1) is 0 Å². The Labute approximate surface area is 70.3 Å². The molecule has 0 radical (unpaired) electrons. The highest BCUT2D eigenvalue weighted by Gasteiger charge is 2.63. The number of hydrogen-bond donors (Lipinski definition) is 1. The summed E-state index contributed by atoms with van der Waals surface area (Å²) in [4.78, 5) is 0. The molecular formula is C8H14F3N. The van der Waals surface area contributed by atoms with Crippen molar-refractivity contribution in [3.63, 3.8) is 0 Å². The van der Waals surface area contributed by atoms with Crippen LogP contribution in [-0.4, -0.2) is 17.8 Å². The van der Waals surface area contributed by atoms with Crippen molar-refractivity contribution < 1.29 is 13.2 Å². The van der Waals surface area contributed by atoms with E-state index < -0.39 is 11.7 Å². The zero-order chi connectivity index (χ0) is 9.41. The first kappa shape index (κ1) is 9.84. The molecule has 1 N–H and O–H groups in total. The molecule has 1 saturated carbocycles. The largest absolute Gasteiger partial charge is 0.406 e. The van der Waals surface area contributed by atoms with Crippen molar-refractivity contribution in [2.45, 2.75) is 50.9 Å². The summed E-state index contributed by atoms with van der Waals surface area (Å²) in [6.07, 6.45) is -2.87. The molecule has 0 aromatic heterocycles. The van der Waals surface area contributed by atoms with Gasteiger partial charge in [0.25, 0.3) is 0 Å². The summed E-state index contributed by atoms with van der Waals surface area (Å²) in [5.41, 5.74) is -1.54. The van der Waals surface area contributed by atoms with Crippen LogP contribution in [0.25, 0.3) is 0 Å². The van der Waals surface area contributed by atoms with Crippen molar-refractivity contribution in [1.82, 2.24) is 5.32 Å². The van der Waals surface area contributed by atoms with Gasteiger partial charge in [-0.3, -0.25) is 0 Å². The number of hydrogen-bond acceptors (Lipinski definition) is 1. The highest BCUT2D eigenvalue weighted by atomic mass is 19.4. The molecule has 4 heteroatoms. The number of alkyl halides is 3. The highest BCUT2D eigenvalue weighted by Crippen LogP contribution is 2.49. The average molecular weight is 181 g/mol. The van der Waals surface area contributed by atoms with E-state index in [4.69, 9.17) is 0 Å². The normalized spacial score (nSPS) is 23.8.